The predicted octanol–water partition coefficient (Wildman–Crippen LogP) is 9.51. The number of allylic oxidation sites excluding steroid dienone is 2. The van der Waals surface area contributed by atoms with Crippen LogP contribution in [0.25, 0.3) is 0 Å². The van der Waals surface area contributed by atoms with Gasteiger partial charge in [0.2, 0.25) is 0 Å². The number of aromatic hydroxyl groups is 1. The van der Waals surface area contributed by atoms with Crippen LogP contribution in [0.5, 0.6) is 11.5 Å². The lowest BCUT2D eigenvalue weighted by molar-refractivity contribution is -0.221. The molecule has 3 heterocycles. The molecule has 4 aliphatic carbocycles. The summed E-state index contributed by atoms with van der Waals surface area (Å²) in [5.41, 5.74) is 5.17. The number of unbranched alkanes of at least 4 members (excludes halogenated alkanes) is 2. The van der Waals surface area contributed by atoms with Crippen LogP contribution in [0.4, 0.5) is 5.69 Å². The highest BCUT2D eigenvalue weighted by molar-refractivity contribution is 5.89. The van der Waals surface area contributed by atoms with E-state index in [4.69, 9.17) is 9.47 Å². The first-order valence-electron chi connectivity index (χ1n) is 27.7. The minimum absolute atomic E-state index is 0.0160. The highest BCUT2D eigenvalue weighted by Crippen LogP contribution is 2.58. The molecule has 3 aliphatic heterocycles. The molecular weight excluding hydrogens is 919 g/mol. The Kier molecular flexibility index (Phi) is 15.4. The number of esters is 2. The molecule has 73 heavy (non-hydrogen) atoms. The highest BCUT2D eigenvalue weighted by atomic mass is 16.6. The molecule has 0 amide bonds. The first-order chi connectivity index (χ1) is 35.3. The molecule has 6 N–H and O–H groups in total. The van der Waals surface area contributed by atoms with Gasteiger partial charge in [-0.05, 0) is 152 Å². The Bertz CT molecular complexity index is 2700. The maximum atomic E-state index is 15.7. The van der Waals surface area contributed by atoms with Gasteiger partial charge in [-0.15, -0.1) is 0 Å². The maximum absolute atomic E-state index is 15.7. The number of carbonyl (C=O) groups is 3. The summed E-state index contributed by atoms with van der Waals surface area (Å²) in [6, 6.07) is 13.8. The van der Waals surface area contributed by atoms with Crippen LogP contribution in [-0.2, 0) is 51.4 Å². The number of phenols is 1. The van der Waals surface area contributed by atoms with Gasteiger partial charge in [0, 0.05) is 60.0 Å². The van der Waals surface area contributed by atoms with Crippen LogP contribution in [0.3, 0.4) is 0 Å². The largest absolute Gasteiger partial charge is 0.507 e. The zero-order chi connectivity index (χ0) is 51.0. The molecule has 0 aromatic heterocycles. The van der Waals surface area contributed by atoms with Gasteiger partial charge in [-0.25, -0.2) is 4.79 Å². The van der Waals surface area contributed by atoms with E-state index in [1.807, 2.05) is 36.4 Å². The van der Waals surface area contributed by atoms with Crippen molar-refractivity contribution in [1.29, 1.82) is 0 Å². The van der Waals surface area contributed by atoms with E-state index in [-0.39, 0.29) is 92.0 Å². The maximum Gasteiger partial charge on any atom is 0.334 e. The fraction of sp³-hybridized carbons (Fsp3) is 0.565. The summed E-state index contributed by atoms with van der Waals surface area (Å²) in [5.74, 6) is 3.48. The average Bonchev–Trinajstić information content (AvgIpc) is 3.38. The molecule has 11 atom stereocenters. The molecule has 11 heteroatoms. The van der Waals surface area contributed by atoms with Crippen molar-refractivity contribution >= 4 is 23.4 Å². The minimum Gasteiger partial charge on any atom is -0.507 e. The molecular formula is C62H75NO10. The van der Waals surface area contributed by atoms with Gasteiger partial charge in [-0.3, -0.25) is 9.59 Å². The van der Waals surface area contributed by atoms with Crippen molar-refractivity contribution in [3.8, 4) is 23.3 Å². The Labute approximate surface area is 430 Å². The zero-order valence-electron chi connectivity index (χ0n) is 42.8. The number of aliphatic hydroxyl groups is 4. The van der Waals surface area contributed by atoms with Crippen LogP contribution < -0.4 is 10.1 Å². The van der Waals surface area contributed by atoms with E-state index < -0.39 is 53.6 Å². The number of ketones is 1. The Hall–Kier alpha value is -5.25. The van der Waals surface area contributed by atoms with Crippen LogP contribution in [-0.4, -0.2) is 73.7 Å². The Morgan fingerprint density at radius 1 is 0.904 bits per heavy atom. The number of nitrogens with one attached hydrogen (secondary N) is 1. The summed E-state index contributed by atoms with van der Waals surface area (Å²) in [7, 11) is 0. The third-order valence-electron chi connectivity index (χ3n) is 17.9. The second-order valence-corrected chi connectivity index (χ2v) is 22.7. The van der Waals surface area contributed by atoms with Crippen LogP contribution >= 0.6 is 0 Å². The quantitative estimate of drug-likeness (QED) is 0.0374. The topological polar surface area (TPSA) is 183 Å². The van der Waals surface area contributed by atoms with E-state index in [1.54, 1.807) is 13.0 Å². The van der Waals surface area contributed by atoms with Crippen molar-refractivity contribution in [1.82, 2.24) is 0 Å². The normalized spacial score (nSPS) is 30.6. The van der Waals surface area contributed by atoms with Gasteiger partial charge in [0.05, 0.1) is 31.2 Å². The molecule has 0 spiro atoms. The van der Waals surface area contributed by atoms with E-state index >= 15 is 4.79 Å². The summed E-state index contributed by atoms with van der Waals surface area (Å²) >= 11 is 0. The van der Waals surface area contributed by atoms with Gasteiger partial charge >= 0.3 is 11.9 Å². The lowest BCUT2D eigenvalue weighted by Gasteiger charge is -2.58. The molecule has 10 bridgehead atoms. The van der Waals surface area contributed by atoms with Crippen molar-refractivity contribution in [2.24, 2.45) is 29.6 Å². The number of benzene rings is 3. The predicted molar refractivity (Wildman–Crippen MR) is 279 cm³/mol. The third kappa shape index (κ3) is 10.4. The van der Waals surface area contributed by atoms with Crippen LogP contribution in [0.2, 0.25) is 0 Å². The minimum atomic E-state index is -1.64. The highest BCUT2D eigenvalue weighted by Gasteiger charge is 2.62. The van der Waals surface area contributed by atoms with Gasteiger partial charge < -0.3 is 40.3 Å². The molecule has 3 aromatic rings. The lowest BCUT2D eigenvalue weighted by Crippen LogP contribution is -2.65. The number of rotatable bonds is 10. The summed E-state index contributed by atoms with van der Waals surface area (Å²) in [4.78, 5) is 43.8. The molecule has 11 nitrogen and oxygen atoms in total. The zero-order valence-corrected chi connectivity index (χ0v) is 42.8. The Morgan fingerprint density at radius 3 is 2.48 bits per heavy atom. The molecule has 7 aliphatic rings. The summed E-state index contributed by atoms with van der Waals surface area (Å²) < 4.78 is 13.2. The smallest absolute Gasteiger partial charge is 0.334 e. The third-order valence-corrected chi connectivity index (χ3v) is 17.9. The number of Topliss-reactive ketones (excluding diaryl/α,β-unsaturated/α-hetero) is 1. The van der Waals surface area contributed by atoms with E-state index in [1.165, 1.54) is 0 Å². The van der Waals surface area contributed by atoms with Crippen molar-refractivity contribution in [3.63, 3.8) is 0 Å². The fourth-order valence-electron chi connectivity index (χ4n) is 14.4. The number of aliphatic hydroxyl groups excluding tert-OH is 3. The molecule has 3 saturated carbocycles. The van der Waals surface area contributed by atoms with Gasteiger partial charge in [0.15, 0.2) is 0 Å². The summed E-state index contributed by atoms with van der Waals surface area (Å²) in [6.07, 6.45) is 14.5. The van der Waals surface area contributed by atoms with Crippen LogP contribution in [0.15, 0.2) is 66.3 Å². The van der Waals surface area contributed by atoms with E-state index in [9.17, 15) is 35.1 Å². The number of ether oxygens (including phenoxy) is 2. The Balaban J connectivity index is 1.21. The average molecular weight is 994 g/mol. The van der Waals surface area contributed by atoms with Crippen molar-refractivity contribution in [3.05, 3.63) is 111 Å². The molecule has 11 unspecified atom stereocenters. The van der Waals surface area contributed by atoms with Gasteiger partial charge in [0.1, 0.15) is 29.0 Å². The van der Waals surface area contributed by atoms with Crippen LogP contribution in [0, 0.1) is 41.4 Å². The van der Waals surface area contributed by atoms with E-state index in [0.717, 1.165) is 86.6 Å². The number of fused-ring (bicyclic) bond motifs is 9. The summed E-state index contributed by atoms with van der Waals surface area (Å²) in [6.45, 7) is 3.85. The van der Waals surface area contributed by atoms with Crippen LogP contribution in [0.1, 0.15) is 172 Å². The standard InChI is InChI=1S/C62H75NO10/c1-3-4-6-17-48-46(35-64)27-43(31-54(48)63-34-36(2)65)40-19-20-41-33-57(68)73-60-49(41)30-44(59(69)58(60)39-14-7-5-8-15-39)32-56-62(71)52-18-10-9-16-42(52)29-50-51(55(67)22-21-53(50)62)25-38-13-11-12-37(23-38)24-47(66)28-45(26-40)61(70)72-56/h9,11-13,16,23,27-28,30-31,36,39-42,47,50-53,56,63-66,69,71H,3-8,10,14-15,17-18,21-22,24-26,29,32-35H2,1-2H3. The fourth-order valence-corrected chi connectivity index (χ4v) is 14.4. The van der Waals surface area contributed by atoms with E-state index in [0.29, 0.717) is 59.3 Å². The molecule has 10 rings (SSSR count). The first-order valence-corrected chi connectivity index (χ1v) is 27.7. The number of anilines is 1. The summed E-state index contributed by atoms with van der Waals surface area (Å²) in [5, 5.41) is 64.1. The van der Waals surface area contributed by atoms with Crippen molar-refractivity contribution in [2.75, 3.05) is 11.9 Å². The molecule has 0 saturated heterocycles. The molecule has 3 fully saturated rings. The monoisotopic (exact) mass is 994 g/mol. The molecule has 388 valence electrons. The molecule has 0 radical (unpaired) electrons. The number of carbonyl (C=O) groups excluding carboxylic acids is 3. The number of hydrogen-bond acceptors (Lipinski definition) is 11. The lowest BCUT2D eigenvalue weighted by atomic mass is 9.49. The molecule has 3 aromatic carbocycles. The van der Waals surface area contributed by atoms with Gasteiger partial charge in [-0.1, -0.05) is 93.4 Å². The number of phenolic OH excluding ortho intramolecular Hbond substituents is 1. The SMILES string of the molecule is CCCCCc1c(CO)cc(C2C#CC3CC(=O)Oc4c3cc(c(O)c4C3CCCCC3)CC3OC(=O)C(=CC(O)Cc4cccc(c4)CC4C(=O)CCC5C4CC4C=CCCC4C35O)C2)cc1NCC(C)O. The number of hydrogen-bond donors (Lipinski definition) is 6. The second-order valence-electron chi connectivity index (χ2n) is 22.7. The van der Waals surface area contributed by atoms with Crippen molar-refractivity contribution < 1.29 is 49.4 Å². The second kappa shape index (κ2) is 21.9. The van der Waals surface area contributed by atoms with E-state index in [2.05, 4.69) is 42.3 Å². The first kappa shape index (κ1) is 51.2. The van der Waals surface area contributed by atoms with Gasteiger partial charge in [0.25, 0.3) is 0 Å². The van der Waals surface area contributed by atoms with Gasteiger partial charge in [-0.2, -0.15) is 0 Å². The Morgan fingerprint density at radius 2 is 1.70 bits per heavy atom. The van der Waals surface area contributed by atoms with Crippen molar-refractivity contribution in [2.45, 2.75) is 184 Å².